The highest BCUT2D eigenvalue weighted by molar-refractivity contribution is 6.07. The molecule has 5 rings (SSSR count). The van der Waals surface area contributed by atoms with Crippen molar-refractivity contribution in [2.24, 2.45) is 5.92 Å². The highest BCUT2D eigenvalue weighted by Crippen LogP contribution is 2.35. The highest BCUT2D eigenvalue weighted by Gasteiger charge is 2.52. The van der Waals surface area contributed by atoms with Crippen molar-refractivity contribution in [3.63, 3.8) is 0 Å². The number of carbonyl (C=O) groups excluding carboxylic acids is 3. The smallest absolute Gasteiger partial charge is 0.322 e. The van der Waals surface area contributed by atoms with E-state index in [9.17, 15) is 14.4 Å². The van der Waals surface area contributed by atoms with E-state index in [2.05, 4.69) is 15.8 Å². The Morgan fingerprint density at radius 1 is 1.03 bits per heavy atom. The number of nitrogens with one attached hydrogen (secondary N) is 2. The molecule has 0 spiro atoms. The Bertz CT molecular complexity index is 1190. The number of likely N-dealkylation sites (tertiary alicyclic amines) is 1. The fourth-order valence-electron chi connectivity index (χ4n) is 5.01. The number of rotatable bonds is 6. The van der Waals surface area contributed by atoms with E-state index < -0.39 is 11.6 Å². The third-order valence-corrected chi connectivity index (χ3v) is 6.89. The molecule has 2 aliphatic heterocycles. The van der Waals surface area contributed by atoms with Crippen LogP contribution in [-0.2, 0) is 11.2 Å². The lowest BCUT2D eigenvalue weighted by Crippen LogP contribution is -2.56. The highest BCUT2D eigenvalue weighted by atomic mass is 16.5. The van der Waals surface area contributed by atoms with Gasteiger partial charge in [0.25, 0.3) is 11.8 Å². The third kappa shape index (κ3) is 4.19. The molecule has 0 saturated carbocycles. The summed E-state index contributed by atoms with van der Waals surface area (Å²) in [4.78, 5) is 39.7. The topological polar surface area (TPSA) is 105 Å². The van der Waals surface area contributed by atoms with Gasteiger partial charge in [0.2, 0.25) is 5.76 Å². The molecule has 4 amide bonds. The third-order valence-electron chi connectivity index (χ3n) is 6.89. The Kier molecular flexibility index (Phi) is 5.88. The SMILES string of the molecule is O=C1NC(=O)[C@@](CCc2ccccc2)(C2CCN(C(=O)c3cc(-c4ccccc4)no3)CC2)N1. The van der Waals surface area contributed by atoms with Crippen LogP contribution in [0.2, 0.25) is 0 Å². The Balaban J connectivity index is 1.26. The molecule has 0 radical (unpaired) electrons. The van der Waals surface area contributed by atoms with Crippen LogP contribution in [0.25, 0.3) is 11.3 Å². The van der Waals surface area contributed by atoms with Gasteiger partial charge in [0.15, 0.2) is 0 Å². The summed E-state index contributed by atoms with van der Waals surface area (Å²) in [5, 5.41) is 9.39. The van der Waals surface area contributed by atoms with Crippen molar-refractivity contribution in [1.82, 2.24) is 20.7 Å². The van der Waals surface area contributed by atoms with Crippen LogP contribution < -0.4 is 10.6 Å². The van der Waals surface area contributed by atoms with Gasteiger partial charge in [-0.25, -0.2) is 4.79 Å². The maximum absolute atomic E-state index is 13.0. The lowest BCUT2D eigenvalue weighted by Gasteiger charge is -2.40. The molecule has 3 aromatic rings. The number of piperidine rings is 1. The molecule has 2 aliphatic rings. The van der Waals surface area contributed by atoms with Crippen LogP contribution >= 0.6 is 0 Å². The summed E-state index contributed by atoms with van der Waals surface area (Å²) in [5.41, 5.74) is 1.65. The standard InChI is InChI=1S/C26H26N4O4/c31-23(22-17-21(29-34-22)19-9-5-2-6-10-19)30-15-12-20(13-16-30)26(24(32)27-25(33)28-26)14-11-18-7-3-1-4-8-18/h1-10,17,20H,11-16H2,(H2,27,28,32,33)/t26-/m1/s1. The fourth-order valence-corrected chi connectivity index (χ4v) is 5.01. The van der Waals surface area contributed by atoms with Gasteiger partial charge in [0.1, 0.15) is 11.2 Å². The molecule has 0 bridgehead atoms. The van der Waals surface area contributed by atoms with Gasteiger partial charge in [-0.2, -0.15) is 0 Å². The van der Waals surface area contributed by atoms with Crippen molar-refractivity contribution in [1.29, 1.82) is 0 Å². The van der Waals surface area contributed by atoms with Crippen LogP contribution in [0.3, 0.4) is 0 Å². The number of aromatic nitrogens is 1. The summed E-state index contributed by atoms with van der Waals surface area (Å²) >= 11 is 0. The van der Waals surface area contributed by atoms with Crippen molar-refractivity contribution < 1.29 is 18.9 Å². The monoisotopic (exact) mass is 458 g/mol. The van der Waals surface area contributed by atoms with E-state index in [1.54, 1.807) is 11.0 Å². The molecule has 8 nitrogen and oxygen atoms in total. The van der Waals surface area contributed by atoms with Crippen molar-refractivity contribution in [2.45, 2.75) is 31.2 Å². The molecule has 0 aliphatic carbocycles. The number of aryl methyl sites for hydroxylation is 1. The predicted molar refractivity (Wildman–Crippen MR) is 125 cm³/mol. The van der Waals surface area contributed by atoms with Crippen molar-refractivity contribution in [2.75, 3.05) is 13.1 Å². The first-order chi connectivity index (χ1) is 16.5. The van der Waals surface area contributed by atoms with Gasteiger partial charge < -0.3 is 14.7 Å². The predicted octanol–water partition coefficient (Wildman–Crippen LogP) is 3.40. The molecule has 2 aromatic carbocycles. The Hall–Kier alpha value is -3.94. The lowest BCUT2D eigenvalue weighted by molar-refractivity contribution is -0.126. The van der Waals surface area contributed by atoms with Crippen LogP contribution in [0.5, 0.6) is 0 Å². The van der Waals surface area contributed by atoms with E-state index in [-0.39, 0.29) is 23.5 Å². The number of carbonyl (C=O) groups is 3. The molecule has 2 N–H and O–H groups in total. The number of hydrogen-bond acceptors (Lipinski definition) is 5. The first kappa shape index (κ1) is 21.9. The second kappa shape index (κ2) is 9.13. The number of urea groups is 1. The zero-order valence-corrected chi connectivity index (χ0v) is 18.7. The van der Waals surface area contributed by atoms with Gasteiger partial charge in [-0.15, -0.1) is 0 Å². The molecule has 2 fully saturated rings. The van der Waals surface area contributed by atoms with Crippen LogP contribution in [0.15, 0.2) is 71.3 Å². The zero-order valence-electron chi connectivity index (χ0n) is 18.7. The summed E-state index contributed by atoms with van der Waals surface area (Å²) in [5.74, 6) is -0.364. The second-order valence-corrected chi connectivity index (χ2v) is 8.87. The second-order valence-electron chi connectivity index (χ2n) is 8.87. The minimum absolute atomic E-state index is 0.0682. The van der Waals surface area contributed by atoms with Gasteiger partial charge >= 0.3 is 6.03 Å². The lowest BCUT2D eigenvalue weighted by atomic mass is 9.74. The minimum Gasteiger partial charge on any atom is -0.350 e. The van der Waals surface area contributed by atoms with Crippen molar-refractivity contribution in [3.8, 4) is 11.3 Å². The van der Waals surface area contributed by atoms with Crippen LogP contribution in [0, 0.1) is 5.92 Å². The summed E-state index contributed by atoms with van der Waals surface area (Å²) < 4.78 is 5.34. The largest absolute Gasteiger partial charge is 0.350 e. The van der Waals surface area contributed by atoms with Gasteiger partial charge in [-0.1, -0.05) is 65.8 Å². The van der Waals surface area contributed by atoms with Crippen molar-refractivity contribution >= 4 is 17.8 Å². The first-order valence-electron chi connectivity index (χ1n) is 11.5. The molecule has 3 heterocycles. The molecule has 8 heteroatoms. The van der Waals surface area contributed by atoms with Crippen LogP contribution in [0.1, 0.15) is 35.4 Å². The molecule has 34 heavy (non-hydrogen) atoms. The molecule has 2 saturated heterocycles. The number of amides is 4. The Morgan fingerprint density at radius 2 is 1.71 bits per heavy atom. The number of benzene rings is 2. The summed E-state index contributed by atoms with van der Waals surface area (Å²) in [6.07, 6.45) is 2.39. The Labute approximate surface area is 197 Å². The molecule has 1 atom stereocenters. The molecular formula is C26H26N4O4. The van der Waals surface area contributed by atoms with E-state index in [1.165, 1.54) is 0 Å². The number of hydrogen-bond donors (Lipinski definition) is 2. The molecule has 0 unspecified atom stereocenters. The van der Waals surface area contributed by atoms with Gasteiger partial charge in [0.05, 0.1) is 0 Å². The number of imide groups is 1. The molecule has 174 valence electrons. The van der Waals surface area contributed by atoms with Crippen LogP contribution in [0.4, 0.5) is 4.79 Å². The minimum atomic E-state index is -0.964. The van der Waals surface area contributed by atoms with Gasteiger partial charge in [-0.05, 0) is 37.2 Å². The van der Waals surface area contributed by atoms with Gasteiger partial charge in [-0.3, -0.25) is 14.9 Å². The fraction of sp³-hybridized carbons (Fsp3) is 0.308. The first-order valence-corrected chi connectivity index (χ1v) is 11.5. The summed E-state index contributed by atoms with van der Waals surface area (Å²) in [6, 6.07) is 20.7. The van der Waals surface area contributed by atoms with E-state index in [1.807, 2.05) is 60.7 Å². The van der Waals surface area contributed by atoms with Crippen molar-refractivity contribution in [3.05, 3.63) is 78.1 Å². The quantitative estimate of drug-likeness (QED) is 0.551. The Morgan fingerprint density at radius 3 is 2.35 bits per heavy atom. The van der Waals surface area contributed by atoms with Crippen LogP contribution in [-0.4, -0.2) is 46.5 Å². The maximum atomic E-state index is 13.0. The van der Waals surface area contributed by atoms with E-state index in [4.69, 9.17) is 4.52 Å². The van der Waals surface area contributed by atoms with E-state index in [0.717, 1.165) is 11.1 Å². The average Bonchev–Trinajstić information content (AvgIpc) is 3.48. The normalized spacial score (nSPS) is 20.8. The molecular weight excluding hydrogens is 432 g/mol. The number of nitrogens with zero attached hydrogens (tertiary/aromatic N) is 2. The average molecular weight is 459 g/mol. The molecule has 1 aromatic heterocycles. The zero-order chi connectivity index (χ0) is 23.5. The van der Waals surface area contributed by atoms with E-state index in [0.29, 0.717) is 44.5 Å². The summed E-state index contributed by atoms with van der Waals surface area (Å²) in [6.45, 7) is 0.947. The van der Waals surface area contributed by atoms with E-state index >= 15 is 0 Å². The summed E-state index contributed by atoms with van der Waals surface area (Å²) in [7, 11) is 0. The van der Waals surface area contributed by atoms with Gasteiger partial charge in [0, 0.05) is 24.7 Å². The maximum Gasteiger partial charge on any atom is 0.322 e.